The van der Waals surface area contributed by atoms with Gasteiger partial charge in [-0.1, -0.05) is 42.5 Å². The predicted octanol–water partition coefficient (Wildman–Crippen LogP) is 1.98. The highest BCUT2D eigenvalue weighted by molar-refractivity contribution is 5.85. The van der Waals surface area contributed by atoms with Gasteiger partial charge in [-0.2, -0.15) is 0 Å². The van der Waals surface area contributed by atoms with Crippen LogP contribution in [0.5, 0.6) is 0 Å². The molecule has 6 heteroatoms. The van der Waals surface area contributed by atoms with Crippen LogP contribution in [0.15, 0.2) is 42.5 Å². The Morgan fingerprint density at radius 1 is 0.778 bits per heavy atom. The van der Waals surface area contributed by atoms with Crippen molar-refractivity contribution in [3.8, 4) is 0 Å². The average molecular weight is 367 g/mol. The van der Waals surface area contributed by atoms with Gasteiger partial charge in [0.25, 0.3) is 0 Å². The molecule has 2 aliphatic rings. The molecule has 0 aliphatic carbocycles. The standard InChI is InChI=1S/C21H25N3O3/c25-20(16-17-5-6-18-3-1-2-4-19(18)15-17)22-7-9-23(10-8-22)21(26)24-11-13-27-14-12-24/h1-6,15H,7-14,16H2. The van der Waals surface area contributed by atoms with Crippen LogP contribution in [0.25, 0.3) is 10.8 Å². The lowest BCUT2D eigenvalue weighted by atomic mass is 10.0. The lowest BCUT2D eigenvalue weighted by Crippen LogP contribution is -2.55. The lowest BCUT2D eigenvalue weighted by molar-refractivity contribution is -0.131. The number of hydrogen-bond acceptors (Lipinski definition) is 3. The van der Waals surface area contributed by atoms with Gasteiger partial charge in [0.2, 0.25) is 5.91 Å². The zero-order chi connectivity index (χ0) is 18.6. The van der Waals surface area contributed by atoms with E-state index in [1.807, 2.05) is 32.9 Å². The molecular weight excluding hydrogens is 342 g/mol. The van der Waals surface area contributed by atoms with E-state index < -0.39 is 0 Å². The smallest absolute Gasteiger partial charge is 0.320 e. The van der Waals surface area contributed by atoms with Crippen molar-refractivity contribution < 1.29 is 14.3 Å². The number of hydrogen-bond donors (Lipinski definition) is 0. The lowest BCUT2D eigenvalue weighted by Gasteiger charge is -2.38. The summed E-state index contributed by atoms with van der Waals surface area (Å²) in [5.74, 6) is 0.128. The van der Waals surface area contributed by atoms with Crippen LogP contribution in [0.3, 0.4) is 0 Å². The summed E-state index contributed by atoms with van der Waals surface area (Å²) in [6.45, 7) is 4.91. The number of benzene rings is 2. The quantitative estimate of drug-likeness (QED) is 0.816. The van der Waals surface area contributed by atoms with E-state index >= 15 is 0 Å². The van der Waals surface area contributed by atoms with E-state index in [4.69, 9.17) is 4.74 Å². The van der Waals surface area contributed by atoms with E-state index in [9.17, 15) is 9.59 Å². The van der Waals surface area contributed by atoms with Crippen molar-refractivity contribution in [3.63, 3.8) is 0 Å². The Hall–Kier alpha value is -2.60. The van der Waals surface area contributed by atoms with Crippen molar-refractivity contribution in [2.24, 2.45) is 0 Å². The minimum absolute atomic E-state index is 0.0694. The zero-order valence-electron chi connectivity index (χ0n) is 15.5. The third kappa shape index (κ3) is 4.06. The van der Waals surface area contributed by atoms with Gasteiger partial charge in [0.15, 0.2) is 0 Å². The second-order valence-corrected chi connectivity index (χ2v) is 7.11. The summed E-state index contributed by atoms with van der Waals surface area (Å²) in [6, 6.07) is 14.4. The van der Waals surface area contributed by atoms with E-state index in [-0.39, 0.29) is 11.9 Å². The van der Waals surface area contributed by atoms with Crippen molar-refractivity contribution in [1.29, 1.82) is 0 Å². The molecule has 0 saturated carbocycles. The average Bonchev–Trinajstić information content (AvgIpc) is 2.74. The van der Waals surface area contributed by atoms with E-state index in [0.29, 0.717) is 58.9 Å². The highest BCUT2D eigenvalue weighted by Gasteiger charge is 2.27. The molecule has 2 aliphatic heterocycles. The molecule has 0 bridgehead atoms. The molecule has 0 unspecified atom stereocenters. The second-order valence-electron chi connectivity index (χ2n) is 7.11. The number of amides is 3. The zero-order valence-corrected chi connectivity index (χ0v) is 15.5. The molecule has 2 heterocycles. The fraction of sp³-hybridized carbons (Fsp3) is 0.429. The maximum Gasteiger partial charge on any atom is 0.320 e. The predicted molar refractivity (Wildman–Crippen MR) is 104 cm³/mol. The first-order chi connectivity index (χ1) is 13.2. The van der Waals surface area contributed by atoms with Gasteiger partial charge in [0.05, 0.1) is 19.6 Å². The molecule has 0 aromatic heterocycles. The van der Waals surface area contributed by atoms with E-state index in [1.165, 1.54) is 5.39 Å². The van der Waals surface area contributed by atoms with Crippen LogP contribution in [0.2, 0.25) is 0 Å². The minimum atomic E-state index is 0.0694. The number of morpholine rings is 1. The molecular formula is C21H25N3O3. The van der Waals surface area contributed by atoms with Crippen LogP contribution in [0.4, 0.5) is 4.79 Å². The number of urea groups is 1. The van der Waals surface area contributed by atoms with E-state index in [2.05, 4.69) is 24.3 Å². The fourth-order valence-electron chi connectivity index (χ4n) is 3.74. The summed E-state index contributed by atoms with van der Waals surface area (Å²) in [6.07, 6.45) is 0.405. The molecule has 0 spiro atoms. The van der Waals surface area contributed by atoms with Crippen molar-refractivity contribution in [1.82, 2.24) is 14.7 Å². The molecule has 2 aromatic rings. The minimum Gasteiger partial charge on any atom is -0.378 e. The number of ether oxygens (including phenoxy) is 1. The number of carbonyl (C=O) groups is 2. The third-order valence-corrected chi connectivity index (χ3v) is 5.35. The van der Waals surface area contributed by atoms with Crippen LogP contribution in [-0.2, 0) is 16.0 Å². The normalized spacial score (nSPS) is 18.0. The molecule has 3 amide bonds. The molecule has 0 atom stereocenters. The summed E-state index contributed by atoms with van der Waals surface area (Å²) < 4.78 is 5.30. The van der Waals surface area contributed by atoms with E-state index in [0.717, 1.165) is 10.9 Å². The number of rotatable bonds is 2. The van der Waals surface area contributed by atoms with E-state index in [1.54, 1.807) is 0 Å². The Labute approximate surface area is 159 Å². The summed E-state index contributed by atoms with van der Waals surface area (Å²) in [4.78, 5) is 30.8. The van der Waals surface area contributed by atoms with Crippen LogP contribution in [-0.4, -0.2) is 79.1 Å². The van der Waals surface area contributed by atoms with Gasteiger partial charge < -0.3 is 19.4 Å². The highest BCUT2D eigenvalue weighted by Crippen LogP contribution is 2.17. The monoisotopic (exact) mass is 367 g/mol. The van der Waals surface area contributed by atoms with Gasteiger partial charge in [0, 0.05) is 39.3 Å². The van der Waals surface area contributed by atoms with Crippen molar-refractivity contribution in [2.45, 2.75) is 6.42 Å². The Morgan fingerprint density at radius 2 is 1.41 bits per heavy atom. The fourth-order valence-corrected chi connectivity index (χ4v) is 3.74. The molecule has 142 valence electrons. The van der Waals surface area contributed by atoms with Crippen molar-refractivity contribution in [3.05, 3.63) is 48.0 Å². The van der Waals surface area contributed by atoms with Crippen LogP contribution < -0.4 is 0 Å². The summed E-state index contributed by atoms with van der Waals surface area (Å²) in [7, 11) is 0. The molecule has 27 heavy (non-hydrogen) atoms. The van der Waals surface area contributed by atoms with Crippen LogP contribution in [0.1, 0.15) is 5.56 Å². The Morgan fingerprint density at radius 3 is 2.15 bits per heavy atom. The van der Waals surface area contributed by atoms with Crippen LogP contribution in [0, 0.1) is 0 Å². The first-order valence-electron chi connectivity index (χ1n) is 9.58. The first kappa shape index (κ1) is 17.8. The number of fused-ring (bicyclic) bond motifs is 1. The topological polar surface area (TPSA) is 53.1 Å². The Bertz CT molecular complexity index is 824. The summed E-state index contributed by atoms with van der Waals surface area (Å²) in [5.41, 5.74) is 1.03. The Kier molecular flexibility index (Phi) is 5.25. The maximum absolute atomic E-state index is 12.7. The Balaban J connectivity index is 1.32. The summed E-state index contributed by atoms with van der Waals surface area (Å²) in [5, 5.41) is 2.34. The SMILES string of the molecule is O=C(Cc1ccc2ccccc2c1)N1CCN(C(=O)N2CCOCC2)CC1. The number of piperazine rings is 1. The third-order valence-electron chi connectivity index (χ3n) is 5.35. The molecule has 0 N–H and O–H groups in total. The number of nitrogens with zero attached hydrogens (tertiary/aromatic N) is 3. The van der Waals surface area contributed by atoms with Gasteiger partial charge in [-0.15, -0.1) is 0 Å². The summed E-state index contributed by atoms with van der Waals surface area (Å²) >= 11 is 0. The second kappa shape index (κ2) is 7.96. The molecule has 2 fully saturated rings. The first-order valence-corrected chi connectivity index (χ1v) is 9.58. The van der Waals surface area contributed by atoms with Gasteiger partial charge in [-0.25, -0.2) is 4.79 Å². The van der Waals surface area contributed by atoms with Gasteiger partial charge >= 0.3 is 6.03 Å². The van der Waals surface area contributed by atoms with Crippen LogP contribution >= 0.6 is 0 Å². The molecule has 0 radical (unpaired) electrons. The molecule has 2 aromatic carbocycles. The van der Waals surface area contributed by atoms with Crippen molar-refractivity contribution >= 4 is 22.7 Å². The highest BCUT2D eigenvalue weighted by atomic mass is 16.5. The molecule has 6 nitrogen and oxygen atoms in total. The van der Waals surface area contributed by atoms with Gasteiger partial charge in [0.1, 0.15) is 0 Å². The maximum atomic E-state index is 12.7. The van der Waals surface area contributed by atoms with Gasteiger partial charge in [-0.05, 0) is 16.3 Å². The number of carbonyl (C=O) groups excluding carboxylic acids is 2. The molecule has 4 rings (SSSR count). The largest absolute Gasteiger partial charge is 0.378 e. The van der Waals surface area contributed by atoms with Gasteiger partial charge in [-0.3, -0.25) is 4.79 Å². The van der Waals surface area contributed by atoms with Crippen molar-refractivity contribution in [2.75, 3.05) is 52.5 Å². The molecule has 2 saturated heterocycles.